The molecule has 0 saturated heterocycles. The number of hydrogen-bond donors (Lipinski definition) is 2. The molecule has 0 radical (unpaired) electrons. The molecule has 0 atom stereocenters. The molecule has 0 aliphatic carbocycles. The molecule has 0 aliphatic rings. The van der Waals surface area contributed by atoms with Gasteiger partial charge in [-0.05, 0) is 17.5 Å². The molecule has 0 saturated carbocycles. The van der Waals surface area contributed by atoms with Gasteiger partial charge in [-0.15, -0.1) is 0 Å². The molecule has 4 heteroatoms. The van der Waals surface area contributed by atoms with E-state index in [4.69, 9.17) is 0 Å². The maximum Gasteiger partial charge on any atom is 0.225 e. The molecule has 2 amide bonds. The van der Waals surface area contributed by atoms with Crippen LogP contribution < -0.4 is 10.6 Å². The van der Waals surface area contributed by atoms with Crippen LogP contribution in [0.1, 0.15) is 50.7 Å². The Labute approximate surface area is 162 Å². The zero-order chi connectivity index (χ0) is 19.7. The Morgan fingerprint density at radius 2 is 1.37 bits per heavy atom. The first kappa shape index (κ1) is 20.7. The van der Waals surface area contributed by atoms with Gasteiger partial charge in [0.05, 0.1) is 0 Å². The predicted octanol–water partition coefficient (Wildman–Crippen LogP) is 3.88. The molecular formula is C23H30N2O2. The van der Waals surface area contributed by atoms with Crippen molar-refractivity contribution in [3.05, 3.63) is 71.8 Å². The van der Waals surface area contributed by atoms with Gasteiger partial charge < -0.3 is 10.6 Å². The van der Waals surface area contributed by atoms with E-state index in [1.807, 2.05) is 57.2 Å². The normalized spacial score (nSPS) is 11.3. The van der Waals surface area contributed by atoms with E-state index in [2.05, 4.69) is 34.9 Å². The maximum absolute atomic E-state index is 12.2. The summed E-state index contributed by atoms with van der Waals surface area (Å²) in [6.45, 7) is 6.71. The highest BCUT2D eigenvalue weighted by molar-refractivity contribution is 5.81. The third-order valence-corrected chi connectivity index (χ3v) is 4.45. The van der Waals surface area contributed by atoms with E-state index >= 15 is 0 Å². The fourth-order valence-electron chi connectivity index (χ4n) is 2.82. The van der Waals surface area contributed by atoms with Gasteiger partial charge in [0.25, 0.3) is 0 Å². The van der Waals surface area contributed by atoms with Crippen molar-refractivity contribution in [2.24, 2.45) is 5.41 Å². The molecule has 0 bridgehead atoms. The number of benzene rings is 2. The van der Waals surface area contributed by atoms with E-state index in [-0.39, 0.29) is 17.7 Å². The second kappa shape index (κ2) is 9.91. The van der Waals surface area contributed by atoms with Crippen LogP contribution >= 0.6 is 0 Å². The zero-order valence-corrected chi connectivity index (χ0v) is 16.5. The lowest BCUT2D eigenvalue weighted by atomic mass is 9.91. The maximum atomic E-state index is 12.2. The largest absolute Gasteiger partial charge is 0.356 e. The topological polar surface area (TPSA) is 58.2 Å². The van der Waals surface area contributed by atoms with Gasteiger partial charge in [0.1, 0.15) is 0 Å². The van der Waals surface area contributed by atoms with Crippen LogP contribution in [0, 0.1) is 5.41 Å². The third kappa shape index (κ3) is 6.89. The summed E-state index contributed by atoms with van der Waals surface area (Å²) >= 11 is 0. The second-order valence-corrected chi connectivity index (χ2v) is 7.79. The van der Waals surface area contributed by atoms with Crippen molar-refractivity contribution < 1.29 is 9.59 Å². The number of carbonyl (C=O) groups excluding carboxylic acids is 2. The molecule has 2 aromatic carbocycles. The van der Waals surface area contributed by atoms with Gasteiger partial charge in [-0.25, -0.2) is 0 Å². The molecular weight excluding hydrogens is 336 g/mol. The SMILES string of the molecule is CC(C)(C)C(=O)NCCCC(=O)NCC(c1ccccc1)c1ccccc1. The molecule has 2 N–H and O–H groups in total. The quantitative estimate of drug-likeness (QED) is 0.697. The first-order valence-electron chi connectivity index (χ1n) is 9.53. The van der Waals surface area contributed by atoms with Crippen molar-refractivity contribution in [2.75, 3.05) is 13.1 Å². The Bertz CT molecular complexity index is 682. The highest BCUT2D eigenvalue weighted by Gasteiger charge is 2.20. The van der Waals surface area contributed by atoms with Gasteiger partial charge in [0, 0.05) is 30.8 Å². The Morgan fingerprint density at radius 1 is 0.852 bits per heavy atom. The van der Waals surface area contributed by atoms with Crippen LogP contribution in [0.15, 0.2) is 60.7 Å². The van der Waals surface area contributed by atoms with Gasteiger partial charge in [0.15, 0.2) is 0 Å². The van der Waals surface area contributed by atoms with Crippen molar-refractivity contribution >= 4 is 11.8 Å². The zero-order valence-electron chi connectivity index (χ0n) is 16.5. The van der Waals surface area contributed by atoms with Gasteiger partial charge in [-0.1, -0.05) is 81.4 Å². The first-order chi connectivity index (χ1) is 12.9. The summed E-state index contributed by atoms with van der Waals surface area (Å²) in [4.78, 5) is 24.1. The Balaban J connectivity index is 1.84. The van der Waals surface area contributed by atoms with Crippen LogP contribution in [0.2, 0.25) is 0 Å². The van der Waals surface area contributed by atoms with Crippen molar-refractivity contribution in [3.63, 3.8) is 0 Å². The second-order valence-electron chi connectivity index (χ2n) is 7.79. The number of hydrogen-bond acceptors (Lipinski definition) is 2. The summed E-state index contributed by atoms with van der Waals surface area (Å²) in [6.07, 6.45) is 1.04. The van der Waals surface area contributed by atoms with E-state index in [1.54, 1.807) is 0 Å². The minimum atomic E-state index is -0.402. The fourth-order valence-corrected chi connectivity index (χ4v) is 2.82. The Kier molecular flexibility index (Phi) is 7.59. The summed E-state index contributed by atoms with van der Waals surface area (Å²) < 4.78 is 0. The van der Waals surface area contributed by atoms with Crippen LogP contribution in [-0.4, -0.2) is 24.9 Å². The van der Waals surface area contributed by atoms with Crippen molar-refractivity contribution in [3.8, 4) is 0 Å². The fraction of sp³-hybridized carbons (Fsp3) is 0.391. The Morgan fingerprint density at radius 3 is 1.85 bits per heavy atom. The van der Waals surface area contributed by atoms with Gasteiger partial charge >= 0.3 is 0 Å². The Hall–Kier alpha value is -2.62. The van der Waals surface area contributed by atoms with Crippen LogP contribution in [0.4, 0.5) is 0 Å². The minimum absolute atomic E-state index is 0.0103. The third-order valence-electron chi connectivity index (χ3n) is 4.45. The van der Waals surface area contributed by atoms with Crippen LogP contribution in [0.25, 0.3) is 0 Å². The number of rotatable bonds is 8. The molecule has 0 unspecified atom stereocenters. The molecule has 2 aromatic rings. The van der Waals surface area contributed by atoms with Crippen molar-refractivity contribution in [1.29, 1.82) is 0 Å². The lowest BCUT2D eigenvalue weighted by Crippen LogP contribution is -2.36. The van der Waals surface area contributed by atoms with Crippen molar-refractivity contribution in [1.82, 2.24) is 10.6 Å². The molecule has 4 nitrogen and oxygen atoms in total. The van der Waals surface area contributed by atoms with Crippen LogP contribution in [-0.2, 0) is 9.59 Å². The van der Waals surface area contributed by atoms with Crippen LogP contribution in [0.3, 0.4) is 0 Å². The van der Waals surface area contributed by atoms with E-state index < -0.39 is 5.41 Å². The van der Waals surface area contributed by atoms with Gasteiger partial charge in [-0.3, -0.25) is 9.59 Å². The first-order valence-corrected chi connectivity index (χ1v) is 9.53. The summed E-state index contributed by atoms with van der Waals surface area (Å²) in [5.74, 6) is 0.143. The smallest absolute Gasteiger partial charge is 0.225 e. The molecule has 2 rings (SSSR count). The van der Waals surface area contributed by atoms with E-state index in [9.17, 15) is 9.59 Å². The summed E-state index contributed by atoms with van der Waals surface area (Å²) in [6, 6.07) is 20.4. The number of amides is 2. The lowest BCUT2D eigenvalue weighted by Gasteiger charge is -2.19. The number of nitrogens with one attached hydrogen (secondary N) is 2. The predicted molar refractivity (Wildman–Crippen MR) is 109 cm³/mol. The highest BCUT2D eigenvalue weighted by atomic mass is 16.2. The van der Waals surface area contributed by atoms with Crippen LogP contribution in [0.5, 0.6) is 0 Å². The molecule has 0 aromatic heterocycles. The van der Waals surface area contributed by atoms with Crippen molar-refractivity contribution in [2.45, 2.75) is 39.5 Å². The molecule has 0 spiro atoms. The van der Waals surface area contributed by atoms with E-state index in [0.717, 1.165) is 0 Å². The molecule has 0 fully saturated rings. The van der Waals surface area contributed by atoms with Gasteiger partial charge in [0.2, 0.25) is 11.8 Å². The van der Waals surface area contributed by atoms with E-state index in [1.165, 1.54) is 11.1 Å². The molecule has 144 valence electrons. The lowest BCUT2D eigenvalue weighted by molar-refractivity contribution is -0.128. The van der Waals surface area contributed by atoms with Gasteiger partial charge in [-0.2, -0.15) is 0 Å². The summed E-state index contributed by atoms with van der Waals surface area (Å²) in [5.41, 5.74) is 1.96. The molecule has 0 aliphatic heterocycles. The molecule has 27 heavy (non-hydrogen) atoms. The minimum Gasteiger partial charge on any atom is -0.356 e. The average molecular weight is 367 g/mol. The standard InChI is InChI=1S/C23H30N2O2/c1-23(2,3)22(27)24-16-10-15-21(26)25-17-20(18-11-6-4-7-12-18)19-13-8-5-9-14-19/h4-9,11-14,20H,10,15-17H2,1-3H3,(H,24,27)(H,25,26). The number of carbonyl (C=O) groups is 2. The summed E-state index contributed by atoms with van der Waals surface area (Å²) in [7, 11) is 0. The monoisotopic (exact) mass is 366 g/mol. The highest BCUT2D eigenvalue weighted by Crippen LogP contribution is 2.23. The molecule has 0 heterocycles. The summed E-state index contributed by atoms with van der Waals surface area (Å²) in [5, 5.41) is 5.92. The average Bonchev–Trinajstić information content (AvgIpc) is 2.66. The van der Waals surface area contributed by atoms with E-state index in [0.29, 0.717) is 25.9 Å².